The SMILES string of the molecule is Cc1ccc(C(=O)CCN2CCCC3CCCC32)cc1. The highest BCUT2D eigenvalue weighted by Gasteiger charge is 2.34. The largest absolute Gasteiger partial charge is 0.300 e. The molecule has 0 N–H and O–H groups in total. The van der Waals surface area contributed by atoms with Gasteiger partial charge in [0, 0.05) is 24.6 Å². The highest BCUT2D eigenvalue weighted by atomic mass is 16.1. The molecule has 2 heteroatoms. The van der Waals surface area contributed by atoms with Gasteiger partial charge in [0.15, 0.2) is 5.78 Å². The van der Waals surface area contributed by atoms with Crippen molar-refractivity contribution in [2.24, 2.45) is 5.92 Å². The Bertz CT molecular complexity index is 465. The van der Waals surface area contributed by atoms with E-state index in [1.807, 2.05) is 24.3 Å². The topological polar surface area (TPSA) is 20.3 Å². The first kappa shape index (κ1) is 13.8. The van der Waals surface area contributed by atoms with E-state index < -0.39 is 0 Å². The molecule has 1 saturated carbocycles. The Kier molecular flexibility index (Phi) is 4.21. The zero-order chi connectivity index (χ0) is 13.9. The molecule has 2 nitrogen and oxygen atoms in total. The van der Waals surface area contributed by atoms with Crippen molar-refractivity contribution in [2.45, 2.75) is 51.5 Å². The van der Waals surface area contributed by atoms with Crippen molar-refractivity contribution in [1.82, 2.24) is 4.90 Å². The molecular weight excluding hydrogens is 246 g/mol. The van der Waals surface area contributed by atoms with E-state index in [2.05, 4.69) is 11.8 Å². The van der Waals surface area contributed by atoms with Gasteiger partial charge in [0.25, 0.3) is 0 Å². The Labute approximate surface area is 122 Å². The average Bonchev–Trinajstić information content (AvgIpc) is 2.94. The van der Waals surface area contributed by atoms with Gasteiger partial charge in [0.05, 0.1) is 0 Å². The number of hydrogen-bond donors (Lipinski definition) is 0. The van der Waals surface area contributed by atoms with Gasteiger partial charge in [-0.25, -0.2) is 0 Å². The van der Waals surface area contributed by atoms with Crippen LogP contribution in [0.2, 0.25) is 0 Å². The molecule has 108 valence electrons. The third-order valence-corrected chi connectivity index (χ3v) is 5.11. The van der Waals surface area contributed by atoms with Gasteiger partial charge in [-0.05, 0) is 45.1 Å². The number of benzene rings is 1. The Balaban J connectivity index is 1.56. The fraction of sp³-hybridized carbons (Fsp3) is 0.611. The van der Waals surface area contributed by atoms with Crippen LogP contribution in [0.1, 0.15) is 54.4 Å². The van der Waals surface area contributed by atoms with E-state index in [1.54, 1.807) is 0 Å². The number of carbonyl (C=O) groups excluding carboxylic acids is 1. The minimum Gasteiger partial charge on any atom is -0.300 e. The number of rotatable bonds is 4. The van der Waals surface area contributed by atoms with Crippen LogP contribution in [0.25, 0.3) is 0 Å². The van der Waals surface area contributed by atoms with Crippen LogP contribution < -0.4 is 0 Å². The summed E-state index contributed by atoms with van der Waals surface area (Å²) in [6, 6.07) is 8.76. The Hall–Kier alpha value is -1.15. The molecule has 2 fully saturated rings. The van der Waals surface area contributed by atoms with Gasteiger partial charge in [-0.2, -0.15) is 0 Å². The molecule has 20 heavy (non-hydrogen) atoms. The molecule has 3 rings (SSSR count). The lowest BCUT2D eigenvalue weighted by Crippen LogP contribution is -2.43. The van der Waals surface area contributed by atoms with Gasteiger partial charge in [0.1, 0.15) is 0 Å². The number of Topliss-reactive ketones (excluding diaryl/α,β-unsaturated/α-hetero) is 1. The molecule has 1 aromatic rings. The molecule has 2 unspecified atom stereocenters. The molecule has 0 amide bonds. The lowest BCUT2D eigenvalue weighted by Gasteiger charge is -2.37. The van der Waals surface area contributed by atoms with E-state index in [0.29, 0.717) is 12.2 Å². The second-order valence-corrected chi connectivity index (χ2v) is 6.48. The molecule has 0 aromatic heterocycles. The summed E-state index contributed by atoms with van der Waals surface area (Å²) in [6.07, 6.45) is 7.55. The van der Waals surface area contributed by atoms with E-state index in [-0.39, 0.29) is 0 Å². The van der Waals surface area contributed by atoms with Crippen LogP contribution in [0, 0.1) is 12.8 Å². The Morgan fingerprint density at radius 3 is 2.70 bits per heavy atom. The molecule has 0 radical (unpaired) electrons. The van der Waals surface area contributed by atoms with Crippen LogP contribution in [-0.2, 0) is 0 Å². The lowest BCUT2D eigenvalue weighted by atomic mass is 9.91. The maximum absolute atomic E-state index is 12.3. The van der Waals surface area contributed by atoms with Crippen molar-refractivity contribution in [3.05, 3.63) is 35.4 Å². The van der Waals surface area contributed by atoms with Crippen molar-refractivity contribution in [1.29, 1.82) is 0 Å². The predicted molar refractivity (Wildman–Crippen MR) is 82.1 cm³/mol. The average molecular weight is 271 g/mol. The molecule has 1 aromatic carbocycles. The van der Waals surface area contributed by atoms with Crippen LogP contribution in [0.3, 0.4) is 0 Å². The maximum atomic E-state index is 12.3. The number of likely N-dealkylation sites (tertiary alicyclic amines) is 1. The quantitative estimate of drug-likeness (QED) is 0.776. The number of fused-ring (bicyclic) bond motifs is 1. The molecule has 0 bridgehead atoms. The smallest absolute Gasteiger partial charge is 0.164 e. The number of hydrogen-bond acceptors (Lipinski definition) is 2. The third-order valence-electron chi connectivity index (χ3n) is 5.11. The van der Waals surface area contributed by atoms with Crippen LogP contribution in [-0.4, -0.2) is 29.8 Å². The second kappa shape index (κ2) is 6.09. The third kappa shape index (κ3) is 2.95. The number of aryl methyl sites for hydroxylation is 1. The van der Waals surface area contributed by atoms with Gasteiger partial charge in [-0.15, -0.1) is 0 Å². The molecular formula is C18H25NO. The number of carbonyl (C=O) groups is 1. The highest BCUT2D eigenvalue weighted by Crippen LogP contribution is 2.36. The summed E-state index contributed by atoms with van der Waals surface area (Å²) in [7, 11) is 0. The second-order valence-electron chi connectivity index (χ2n) is 6.48. The molecule has 0 spiro atoms. The van der Waals surface area contributed by atoms with Gasteiger partial charge >= 0.3 is 0 Å². The van der Waals surface area contributed by atoms with Gasteiger partial charge in [-0.3, -0.25) is 9.69 Å². The first-order valence-corrected chi connectivity index (χ1v) is 8.08. The number of piperidine rings is 1. The summed E-state index contributed by atoms with van der Waals surface area (Å²) in [6.45, 7) is 4.21. The summed E-state index contributed by atoms with van der Waals surface area (Å²) in [4.78, 5) is 14.9. The molecule has 2 atom stereocenters. The highest BCUT2D eigenvalue weighted by molar-refractivity contribution is 5.96. The minimum absolute atomic E-state index is 0.296. The first-order chi connectivity index (χ1) is 9.74. The van der Waals surface area contributed by atoms with E-state index in [4.69, 9.17) is 0 Å². The molecule has 1 saturated heterocycles. The number of nitrogens with zero attached hydrogens (tertiary/aromatic N) is 1. The summed E-state index contributed by atoms with van der Waals surface area (Å²) in [5, 5.41) is 0. The van der Waals surface area contributed by atoms with Crippen molar-refractivity contribution in [2.75, 3.05) is 13.1 Å². The van der Waals surface area contributed by atoms with Crippen LogP contribution in [0.5, 0.6) is 0 Å². The molecule has 1 aliphatic heterocycles. The zero-order valence-electron chi connectivity index (χ0n) is 12.5. The summed E-state index contributed by atoms with van der Waals surface area (Å²) in [5.74, 6) is 1.21. The van der Waals surface area contributed by atoms with Crippen LogP contribution in [0.15, 0.2) is 24.3 Å². The van der Waals surface area contributed by atoms with Crippen molar-refractivity contribution >= 4 is 5.78 Å². The number of ketones is 1. The first-order valence-electron chi connectivity index (χ1n) is 8.08. The van der Waals surface area contributed by atoms with E-state index in [0.717, 1.165) is 24.1 Å². The molecule has 2 aliphatic rings. The van der Waals surface area contributed by atoms with Gasteiger partial charge in [-0.1, -0.05) is 36.2 Å². The van der Waals surface area contributed by atoms with Crippen molar-refractivity contribution < 1.29 is 4.79 Å². The van der Waals surface area contributed by atoms with Gasteiger partial charge < -0.3 is 0 Å². The van der Waals surface area contributed by atoms with Crippen LogP contribution in [0.4, 0.5) is 0 Å². The standard InChI is InChI=1S/C18H25NO/c1-14-7-9-16(10-8-14)18(20)11-13-19-12-3-5-15-4-2-6-17(15)19/h7-10,15,17H,2-6,11-13H2,1H3. The van der Waals surface area contributed by atoms with Crippen LogP contribution >= 0.6 is 0 Å². The minimum atomic E-state index is 0.296. The normalized spacial score (nSPS) is 26.4. The fourth-order valence-electron chi connectivity index (χ4n) is 3.96. The maximum Gasteiger partial charge on any atom is 0.164 e. The van der Waals surface area contributed by atoms with Gasteiger partial charge in [0.2, 0.25) is 0 Å². The summed E-state index contributed by atoms with van der Waals surface area (Å²) >= 11 is 0. The Morgan fingerprint density at radius 1 is 1.15 bits per heavy atom. The monoisotopic (exact) mass is 271 g/mol. The van der Waals surface area contributed by atoms with Crippen molar-refractivity contribution in [3.8, 4) is 0 Å². The summed E-state index contributed by atoms with van der Waals surface area (Å²) in [5.41, 5.74) is 2.09. The van der Waals surface area contributed by atoms with E-state index >= 15 is 0 Å². The van der Waals surface area contributed by atoms with E-state index in [9.17, 15) is 4.79 Å². The predicted octanol–water partition coefficient (Wildman–Crippen LogP) is 3.83. The van der Waals surface area contributed by atoms with Crippen molar-refractivity contribution in [3.63, 3.8) is 0 Å². The molecule has 1 aliphatic carbocycles. The zero-order valence-corrected chi connectivity index (χ0v) is 12.5. The Morgan fingerprint density at radius 2 is 1.90 bits per heavy atom. The fourth-order valence-corrected chi connectivity index (χ4v) is 3.96. The summed E-state index contributed by atoms with van der Waals surface area (Å²) < 4.78 is 0. The molecule has 1 heterocycles. The van der Waals surface area contributed by atoms with E-state index in [1.165, 1.54) is 44.2 Å². The lowest BCUT2D eigenvalue weighted by molar-refractivity contribution is 0.0875.